The van der Waals surface area contributed by atoms with Crippen molar-refractivity contribution in [2.24, 2.45) is 0 Å². The van der Waals surface area contributed by atoms with Crippen LogP contribution in [-0.4, -0.2) is 73.9 Å². The molecular weight excluding hydrogens is 538 g/mol. The molecule has 2 aromatic carbocycles. The summed E-state index contributed by atoms with van der Waals surface area (Å²) in [5.41, 5.74) is 3.89. The Balaban J connectivity index is 1.54. The molecule has 2 atom stereocenters. The van der Waals surface area contributed by atoms with E-state index in [1.165, 1.54) is 6.08 Å². The van der Waals surface area contributed by atoms with E-state index in [0.717, 1.165) is 22.3 Å². The fourth-order valence-electron chi connectivity index (χ4n) is 4.81. The fourth-order valence-corrected chi connectivity index (χ4v) is 4.81. The molecule has 0 saturated carbocycles. The SMILES string of the molecule is C=CCOC(=O)CNCC(O)[C@H](CCCCNC(=O)OC(C)(C)C)NC(=O)OCC1c2ccccc2-c2ccccc21. The van der Waals surface area contributed by atoms with Crippen molar-refractivity contribution in [1.29, 1.82) is 0 Å². The molecule has 2 amide bonds. The third-order valence-electron chi connectivity index (χ3n) is 6.71. The standard InChI is InChI=1S/C32H43N3O7/c1-5-18-40-29(37)20-33-19-28(36)27(16-10-11-17-34-30(38)42-32(2,3)4)35-31(39)41-21-26-24-14-8-6-12-22(24)23-13-7-9-15-25(23)26/h5-9,12-15,26-28,33,36H,1,10-11,16-21H2,2-4H3,(H,34,38)(H,35,39)/t27-,28?/m0/s1. The van der Waals surface area contributed by atoms with Crippen LogP contribution in [0.2, 0.25) is 0 Å². The first-order valence-electron chi connectivity index (χ1n) is 14.3. The highest BCUT2D eigenvalue weighted by Gasteiger charge is 2.30. The number of ether oxygens (including phenoxy) is 3. The summed E-state index contributed by atoms with van der Waals surface area (Å²) in [7, 11) is 0. The first kappa shape index (κ1) is 32.6. The van der Waals surface area contributed by atoms with Crippen LogP contribution in [0.5, 0.6) is 0 Å². The van der Waals surface area contributed by atoms with Crippen molar-refractivity contribution in [1.82, 2.24) is 16.0 Å². The highest BCUT2D eigenvalue weighted by Crippen LogP contribution is 2.44. The Morgan fingerprint density at radius 1 is 0.976 bits per heavy atom. The second kappa shape index (κ2) is 15.9. The molecule has 10 heteroatoms. The summed E-state index contributed by atoms with van der Waals surface area (Å²) in [5, 5.41) is 19.2. The summed E-state index contributed by atoms with van der Waals surface area (Å²) < 4.78 is 15.9. The average Bonchev–Trinajstić information content (AvgIpc) is 3.26. The molecular formula is C32H43N3O7. The molecule has 0 saturated heterocycles. The molecule has 0 fully saturated rings. The van der Waals surface area contributed by atoms with Gasteiger partial charge >= 0.3 is 18.2 Å². The maximum Gasteiger partial charge on any atom is 0.407 e. The number of amides is 2. The van der Waals surface area contributed by atoms with Gasteiger partial charge in [-0.1, -0.05) is 61.2 Å². The molecule has 1 unspecified atom stereocenters. The summed E-state index contributed by atoms with van der Waals surface area (Å²) in [6, 6.07) is 15.5. The summed E-state index contributed by atoms with van der Waals surface area (Å²) >= 11 is 0. The molecule has 1 aliphatic carbocycles. The molecule has 1 aliphatic rings. The minimum absolute atomic E-state index is 0.0493. The van der Waals surface area contributed by atoms with Crippen molar-refractivity contribution >= 4 is 18.2 Å². The normalized spacial score (nSPS) is 13.7. The molecule has 0 heterocycles. The molecule has 228 valence electrons. The van der Waals surface area contributed by atoms with Gasteiger partial charge in [0, 0.05) is 19.0 Å². The van der Waals surface area contributed by atoms with Crippen molar-refractivity contribution in [3.63, 3.8) is 0 Å². The Morgan fingerprint density at radius 3 is 2.24 bits per heavy atom. The monoisotopic (exact) mass is 581 g/mol. The van der Waals surface area contributed by atoms with Crippen LogP contribution in [0, 0.1) is 0 Å². The van der Waals surface area contributed by atoms with Gasteiger partial charge in [0.15, 0.2) is 0 Å². The number of unbranched alkanes of at least 4 members (excludes halogenated alkanes) is 1. The predicted molar refractivity (Wildman–Crippen MR) is 160 cm³/mol. The van der Waals surface area contributed by atoms with E-state index < -0.39 is 35.9 Å². The number of aliphatic hydroxyl groups excluding tert-OH is 1. The lowest BCUT2D eigenvalue weighted by Crippen LogP contribution is -2.48. The first-order valence-corrected chi connectivity index (χ1v) is 14.3. The lowest BCUT2D eigenvalue weighted by Gasteiger charge is -2.25. The van der Waals surface area contributed by atoms with Crippen molar-refractivity contribution in [3.05, 3.63) is 72.3 Å². The minimum Gasteiger partial charge on any atom is -0.461 e. The van der Waals surface area contributed by atoms with Gasteiger partial charge in [0.2, 0.25) is 0 Å². The molecule has 0 spiro atoms. The number of hydrogen-bond donors (Lipinski definition) is 4. The lowest BCUT2D eigenvalue weighted by atomic mass is 9.98. The predicted octanol–water partition coefficient (Wildman–Crippen LogP) is 4.27. The quantitative estimate of drug-likeness (QED) is 0.106. The average molecular weight is 582 g/mol. The van der Waals surface area contributed by atoms with Gasteiger partial charge < -0.3 is 35.3 Å². The molecule has 2 aromatic rings. The minimum atomic E-state index is -1.00. The number of fused-ring (bicyclic) bond motifs is 3. The lowest BCUT2D eigenvalue weighted by molar-refractivity contribution is -0.141. The van der Waals surface area contributed by atoms with Gasteiger partial charge in [0.25, 0.3) is 0 Å². The Kier molecular flexibility index (Phi) is 12.4. The second-order valence-electron chi connectivity index (χ2n) is 11.2. The summed E-state index contributed by atoms with van der Waals surface area (Å²) in [6.45, 7) is 9.47. The molecule has 4 N–H and O–H groups in total. The molecule has 42 heavy (non-hydrogen) atoms. The van der Waals surface area contributed by atoms with Gasteiger partial charge in [-0.2, -0.15) is 0 Å². The highest BCUT2D eigenvalue weighted by atomic mass is 16.6. The number of carbonyl (C=O) groups excluding carboxylic acids is 3. The van der Waals surface area contributed by atoms with Gasteiger partial charge in [-0.05, 0) is 62.3 Å². The third-order valence-corrected chi connectivity index (χ3v) is 6.71. The third kappa shape index (κ3) is 10.2. The Bertz CT molecular complexity index is 1170. The summed E-state index contributed by atoms with van der Waals surface area (Å²) in [4.78, 5) is 36.6. The van der Waals surface area contributed by atoms with Gasteiger partial charge in [-0.15, -0.1) is 0 Å². The van der Waals surface area contributed by atoms with Crippen molar-refractivity contribution in [2.75, 3.05) is 32.8 Å². The van der Waals surface area contributed by atoms with Gasteiger partial charge in [0.05, 0.1) is 18.7 Å². The molecule has 0 aliphatic heterocycles. The second-order valence-corrected chi connectivity index (χ2v) is 11.2. The molecule has 0 radical (unpaired) electrons. The number of carbonyl (C=O) groups is 3. The van der Waals surface area contributed by atoms with Gasteiger partial charge in [0.1, 0.15) is 18.8 Å². The van der Waals surface area contributed by atoms with Gasteiger partial charge in [-0.3, -0.25) is 4.79 Å². The number of alkyl carbamates (subject to hydrolysis) is 2. The van der Waals surface area contributed by atoms with Crippen LogP contribution in [0.4, 0.5) is 9.59 Å². The van der Waals surface area contributed by atoms with Crippen LogP contribution in [0.3, 0.4) is 0 Å². The van der Waals surface area contributed by atoms with E-state index in [1.54, 1.807) is 20.8 Å². The zero-order valence-corrected chi connectivity index (χ0v) is 24.7. The topological polar surface area (TPSA) is 135 Å². The number of aliphatic hydroxyl groups is 1. The van der Waals surface area contributed by atoms with Crippen LogP contribution < -0.4 is 16.0 Å². The maximum atomic E-state index is 12.9. The van der Waals surface area contributed by atoms with Gasteiger partial charge in [-0.25, -0.2) is 9.59 Å². The Hall–Kier alpha value is -3.89. The zero-order valence-electron chi connectivity index (χ0n) is 24.7. The van der Waals surface area contributed by atoms with E-state index in [2.05, 4.69) is 34.7 Å². The number of esters is 1. The Labute approximate surface area is 247 Å². The van der Waals surface area contributed by atoms with Crippen LogP contribution in [0.1, 0.15) is 57.1 Å². The van der Waals surface area contributed by atoms with E-state index in [-0.39, 0.29) is 32.2 Å². The van der Waals surface area contributed by atoms with E-state index in [4.69, 9.17) is 14.2 Å². The van der Waals surface area contributed by atoms with E-state index in [1.807, 2.05) is 36.4 Å². The smallest absolute Gasteiger partial charge is 0.407 e. The first-order chi connectivity index (χ1) is 20.1. The van der Waals surface area contributed by atoms with Crippen molar-refractivity contribution in [3.8, 4) is 11.1 Å². The van der Waals surface area contributed by atoms with Crippen molar-refractivity contribution < 1.29 is 33.7 Å². The fraction of sp³-hybridized carbons (Fsp3) is 0.469. The molecule has 10 nitrogen and oxygen atoms in total. The highest BCUT2D eigenvalue weighted by molar-refractivity contribution is 5.79. The van der Waals surface area contributed by atoms with Crippen LogP contribution in [-0.2, 0) is 19.0 Å². The van der Waals surface area contributed by atoms with Crippen LogP contribution >= 0.6 is 0 Å². The van der Waals surface area contributed by atoms with E-state index >= 15 is 0 Å². The summed E-state index contributed by atoms with van der Waals surface area (Å²) in [6.07, 6.45) is 0.958. The number of benzene rings is 2. The Morgan fingerprint density at radius 2 is 1.62 bits per heavy atom. The van der Waals surface area contributed by atoms with E-state index in [9.17, 15) is 19.5 Å². The largest absolute Gasteiger partial charge is 0.461 e. The number of nitrogens with one attached hydrogen (secondary N) is 3. The number of rotatable bonds is 15. The zero-order chi connectivity index (χ0) is 30.5. The molecule has 0 bridgehead atoms. The van der Waals surface area contributed by atoms with Crippen LogP contribution in [0.25, 0.3) is 11.1 Å². The van der Waals surface area contributed by atoms with Crippen LogP contribution in [0.15, 0.2) is 61.2 Å². The molecule has 3 rings (SSSR count). The van der Waals surface area contributed by atoms with Crippen molar-refractivity contribution in [2.45, 2.75) is 63.7 Å². The molecule has 0 aromatic heterocycles. The maximum absolute atomic E-state index is 12.9. The number of hydrogen-bond acceptors (Lipinski definition) is 8. The van der Waals surface area contributed by atoms with E-state index in [0.29, 0.717) is 25.8 Å². The summed E-state index contributed by atoms with van der Waals surface area (Å²) in [5.74, 6) is -0.565.